The van der Waals surface area contributed by atoms with Gasteiger partial charge >= 0.3 is 0 Å². The van der Waals surface area contributed by atoms with E-state index in [1.165, 1.54) is 23.3 Å². The Kier molecular flexibility index (Phi) is 4.77. The predicted molar refractivity (Wildman–Crippen MR) is 88.3 cm³/mol. The summed E-state index contributed by atoms with van der Waals surface area (Å²) in [5.74, 6) is 0.745. The van der Waals surface area contributed by atoms with Gasteiger partial charge in [0, 0.05) is 11.5 Å². The topological polar surface area (TPSA) is 35.0 Å². The Bertz CT molecular complexity index is 635. The molecule has 0 aromatic carbocycles. The molecule has 114 valence electrons. The maximum absolute atomic E-state index is 6.48. The second-order valence-corrected chi connectivity index (χ2v) is 6.94. The van der Waals surface area contributed by atoms with Gasteiger partial charge in [-0.2, -0.15) is 0 Å². The molecule has 0 bridgehead atoms. The molecule has 1 aliphatic rings. The van der Waals surface area contributed by atoms with Crippen LogP contribution in [0.2, 0.25) is 5.15 Å². The number of aryl methyl sites for hydroxylation is 2. The largest absolute Gasteiger partial charge is 0.371 e. The van der Waals surface area contributed by atoms with Gasteiger partial charge < -0.3 is 4.74 Å². The summed E-state index contributed by atoms with van der Waals surface area (Å²) in [5, 5.41) is 1.70. The summed E-state index contributed by atoms with van der Waals surface area (Å²) in [6.07, 6.45) is 6.73. The molecular formula is C16H21ClN2OS. The minimum absolute atomic E-state index is 0.0407. The number of hydrogen-bond acceptors (Lipinski definition) is 4. The van der Waals surface area contributed by atoms with Crippen LogP contribution in [-0.4, -0.2) is 16.6 Å². The average molecular weight is 325 g/mol. The van der Waals surface area contributed by atoms with Gasteiger partial charge in [-0.3, -0.25) is 0 Å². The molecule has 5 heteroatoms. The number of rotatable bonds is 5. The van der Waals surface area contributed by atoms with Crippen molar-refractivity contribution in [2.45, 2.75) is 58.5 Å². The zero-order valence-corrected chi connectivity index (χ0v) is 14.2. The van der Waals surface area contributed by atoms with E-state index in [4.69, 9.17) is 21.3 Å². The van der Waals surface area contributed by atoms with Crippen LogP contribution in [0.15, 0.2) is 0 Å². The van der Waals surface area contributed by atoms with Gasteiger partial charge in [0.05, 0.1) is 5.39 Å². The summed E-state index contributed by atoms with van der Waals surface area (Å²) >= 11 is 8.28. The molecule has 0 aliphatic heterocycles. The van der Waals surface area contributed by atoms with Crippen LogP contribution in [0.5, 0.6) is 0 Å². The Morgan fingerprint density at radius 1 is 1.24 bits per heavy atom. The maximum Gasteiger partial charge on any atom is 0.160 e. The average Bonchev–Trinajstić information content (AvgIpc) is 2.85. The molecule has 0 spiro atoms. The Morgan fingerprint density at radius 3 is 2.81 bits per heavy atom. The third-order valence-corrected chi connectivity index (χ3v) is 5.45. The fourth-order valence-corrected chi connectivity index (χ4v) is 4.64. The van der Waals surface area contributed by atoms with E-state index >= 15 is 0 Å². The van der Waals surface area contributed by atoms with Gasteiger partial charge in [-0.15, -0.1) is 11.3 Å². The molecule has 3 rings (SSSR count). The molecule has 21 heavy (non-hydrogen) atoms. The van der Waals surface area contributed by atoms with E-state index < -0.39 is 0 Å². The molecule has 0 amide bonds. The van der Waals surface area contributed by atoms with Gasteiger partial charge in [0.1, 0.15) is 16.1 Å². The predicted octanol–water partition coefficient (Wildman–Crippen LogP) is 5.10. The molecule has 0 saturated heterocycles. The van der Waals surface area contributed by atoms with Gasteiger partial charge in [0.15, 0.2) is 5.82 Å². The van der Waals surface area contributed by atoms with Crippen LogP contribution < -0.4 is 0 Å². The zero-order chi connectivity index (χ0) is 14.8. The number of nitrogens with zero attached hydrogens (tertiary/aromatic N) is 2. The molecule has 0 fully saturated rings. The molecule has 0 saturated carbocycles. The van der Waals surface area contributed by atoms with Crippen LogP contribution in [-0.2, 0) is 17.6 Å². The van der Waals surface area contributed by atoms with E-state index in [0.29, 0.717) is 11.8 Å². The van der Waals surface area contributed by atoms with E-state index in [-0.39, 0.29) is 6.10 Å². The first-order valence-electron chi connectivity index (χ1n) is 7.83. The van der Waals surface area contributed by atoms with Crippen molar-refractivity contribution in [2.24, 2.45) is 0 Å². The first-order valence-corrected chi connectivity index (χ1v) is 9.03. The van der Waals surface area contributed by atoms with Gasteiger partial charge in [0.25, 0.3) is 0 Å². The molecule has 2 heterocycles. The molecule has 1 unspecified atom stereocenters. The minimum Gasteiger partial charge on any atom is -0.371 e. The molecule has 0 N–H and O–H groups in total. The van der Waals surface area contributed by atoms with Gasteiger partial charge in [0.2, 0.25) is 0 Å². The van der Waals surface area contributed by atoms with E-state index in [9.17, 15) is 0 Å². The van der Waals surface area contributed by atoms with Crippen molar-refractivity contribution in [3.63, 3.8) is 0 Å². The fourth-order valence-electron chi connectivity index (χ4n) is 3.02. The number of hydrogen-bond donors (Lipinski definition) is 0. The van der Waals surface area contributed by atoms with Crippen molar-refractivity contribution in [3.8, 4) is 0 Å². The lowest BCUT2D eigenvalue weighted by atomic mass is 9.97. The summed E-state index contributed by atoms with van der Waals surface area (Å²) in [4.78, 5) is 11.8. The summed E-state index contributed by atoms with van der Waals surface area (Å²) in [5.41, 5.74) is 1.39. The second kappa shape index (κ2) is 6.59. The van der Waals surface area contributed by atoms with Crippen molar-refractivity contribution in [2.75, 3.05) is 6.61 Å². The number of thiophene rings is 1. The van der Waals surface area contributed by atoms with Crippen LogP contribution in [0, 0.1) is 0 Å². The van der Waals surface area contributed by atoms with E-state index in [1.807, 2.05) is 6.92 Å². The number of aromatic nitrogens is 2. The SMILES string of the molecule is CCCC(OCC)c1nc(Cl)c2c3c(sc2n1)CCCC3. The standard InChI is InChI=1S/C16H21ClN2OS/c1-3-7-11(20-4-2)15-18-14(17)13-10-8-5-6-9-12(10)21-16(13)19-15/h11H,3-9H2,1-2H3. The van der Waals surface area contributed by atoms with Crippen molar-refractivity contribution in [1.29, 1.82) is 0 Å². The van der Waals surface area contributed by atoms with Gasteiger partial charge in [-0.25, -0.2) is 9.97 Å². The van der Waals surface area contributed by atoms with Crippen LogP contribution in [0.4, 0.5) is 0 Å². The first kappa shape index (κ1) is 15.2. The highest BCUT2D eigenvalue weighted by Gasteiger charge is 2.22. The normalized spacial score (nSPS) is 16.1. The van der Waals surface area contributed by atoms with E-state index in [0.717, 1.165) is 41.7 Å². The monoisotopic (exact) mass is 324 g/mol. The van der Waals surface area contributed by atoms with Crippen molar-refractivity contribution in [1.82, 2.24) is 9.97 Å². The van der Waals surface area contributed by atoms with Crippen LogP contribution in [0.1, 0.15) is 61.9 Å². The molecular weight excluding hydrogens is 304 g/mol. The lowest BCUT2D eigenvalue weighted by Gasteiger charge is -2.15. The number of ether oxygens (including phenoxy) is 1. The number of halogens is 1. The van der Waals surface area contributed by atoms with E-state index in [2.05, 4.69) is 11.9 Å². The quantitative estimate of drug-likeness (QED) is 0.717. The molecule has 3 nitrogen and oxygen atoms in total. The lowest BCUT2D eigenvalue weighted by molar-refractivity contribution is 0.0497. The Hall–Kier alpha value is -0.710. The van der Waals surface area contributed by atoms with Crippen LogP contribution in [0.25, 0.3) is 10.2 Å². The maximum atomic E-state index is 6.48. The third kappa shape index (κ3) is 2.94. The smallest absolute Gasteiger partial charge is 0.160 e. The summed E-state index contributed by atoms with van der Waals surface area (Å²) < 4.78 is 5.80. The molecule has 1 atom stereocenters. The van der Waals surface area contributed by atoms with Crippen molar-refractivity contribution in [3.05, 3.63) is 21.4 Å². The highest BCUT2D eigenvalue weighted by molar-refractivity contribution is 7.19. The summed E-state index contributed by atoms with van der Waals surface area (Å²) in [7, 11) is 0. The zero-order valence-electron chi connectivity index (χ0n) is 12.6. The molecule has 2 aromatic rings. The van der Waals surface area contributed by atoms with Crippen LogP contribution >= 0.6 is 22.9 Å². The summed E-state index contributed by atoms with van der Waals surface area (Å²) in [6.45, 7) is 4.83. The van der Waals surface area contributed by atoms with E-state index in [1.54, 1.807) is 11.3 Å². The summed E-state index contributed by atoms with van der Waals surface area (Å²) in [6, 6.07) is 0. The molecule has 2 aromatic heterocycles. The number of fused-ring (bicyclic) bond motifs is 3. The molecule has 0 radical (unpaired) electrons. The molecule has 1 aliphatic carbocycles. The first-order chi connectivity index (χ1) is 10.2. The van der Waals surface area contributed by atoms with Gasteiger partial charge in [-0.05, 0) is 44.6 Å². The third-order valence-electron chi connectivity index (χ3n) is 3.99. The minimum atomic E-state index is -0.0407. The Balaban J connectivity index is 2.06. The van der Waals surface area contributed by atoms with Crippen molar-refractivity contribution >= 4 is 33.2 Å². The van der Waals surface area contributed by atoms with Gasteiger partial charge in [-0.1, -0.05) is 24.9 Å². The van der Waals surface area contributed by atoms with Crippen LogP contribution in [0.3, 0.4) is 0 Å². The highest BCUT2D eigenvalue weighted by atomic mass is 35.5. The Labute approximate surface area is 134 Å². The second-order valence-electron chi connectivity index (χ2n) is 5.50. The van der Waals surface area contributed by atoms with Crippen molar-refractivity contribution < 1.29 is 4.74 Å². The fraction of sp³-hybridized carbons (Fsp3) is 0.625. The highest BCUT2D eigenvalue weighted by Crippen LogP contribution is 2.39. The lowest BCUT2D eigenvalue weighted by Crippen LogP contribution is -2.09. The Morgan fingerprint density at radius 2 is 2.05 bits per heavy atom.